The van der Waals surface area contributed by atoms with Gasteiger partial charge in [-0.05, 0) is 31.7 Å². The first-order valence-corrected chi connectivity index (χ1v) is 19.9. The molecular formula is C23H48Cl2O2Si3. The fourth-order valence-electron chi connectivity index (χ4n) is 3.25. The van der Waals surface area contributed by atoms with E-state index in [1.807, 2.05) is 0 Å². The predicted octanol–water partition coefficient (Wildman–Crippen LogP) is 8.00. The van der Waals surface area contributed by atoms with Crippen LogP contribution in [0.2, 0.25) is 38.8 Å². The molecule has 2 unspecified atom stereocenters. The molecule has 0 aliphatic rings. The highest BCUT2D eigenvalue weighted by molar-refractivity contribution is 6.67. The van der Waals surface area contributed by atoms with Crippen LogP contribution in [0.3, 0.4) is 0 Å². The number of halogens is 2. The van der Waals surface area contributed by atoms with Crippen LogP contribution in [0.4, 0.5) is 0 Å². The minimum absolute atomic E-state index is 0.00621. The summed E-state index contributed by atoms with van der Waals surface area (Å²) >= 11 is 12.7. The summed E-state index contributed by atoms with van der Waals surface area (Å²) in [5.41, 5.74) is 0. The molecule has 0 fully saturated rings. The van der Waals surface area contributed by atoms with Crippen molar-refractivity contribution in [2.24, 2.45) is 0 Å². The van der Waals surface area contributed by atoms with Crippen molar-refractivity contribution in [3.63, 3.8) is 0 Å². The van der Waals surface area contributed by atoms with E-state index in [-0.39, 0.29) is 23.9 Å². The summed E-state index contributed by atoms with van der Waals surface area (Å²) in [6, 6.07) is 1.03. The van der Waals surface area contributed by atoms with Gasteiger partial charge in [0.05, 0.1) is 17.6 Å². The van der Waals surface area contributed by atoms with E-state index in [4.69, 9.17) is 32.7 Å². The lowest BCUT2D eigenvalue weighted by atomic mass is 10.1. The Hall–Kier alpha value is 1.15. The largest absolute Gasteiger partial charge is 0.353 e. The second-order valence-corrected chi connectivity index (χ2v) is 17.5. The minimum atomic E-state index is -0.322. The van der Waals surface area contributed by atoms with E-state index in [1.165, 1.54) is 64.2 Å². The van der Waals surface area contributed by atoms with E-state index in [0.717, 1.165) is 41.6 Å². The number of hydrogen-bond acceptors (Lipinski definition) is 2. The lowest BCUT2D eigenvalue weighted by Gasteiger charge is -2.18. The summed E-state index contributed by atoms with van der Waals surface area (Å²) in [6.45, 7) is 13.1. The number of alkyl halides is 2. The number of rotatable bonds is 22. The van der Waals surface area contributed by atoms with Crippen molar-refractivity contribution >= 4 is 50.3 Å². The predicted molar refractivity (Wildman–Crippen MR) is 142 cm³/mol. The Bertz CT molecular complexity index is 333. The fourth-order valence-corrected chi connectivity index (χ4v) is 5.69. The van der Waals surface area contributed by atoms with Gasteiger partial charge in [0.25, 0.3) is 0 Å². The summed E-state index contributed by atoms with van der Waals surface area (Å²) < 4.78 is 12.0. The zero-order chi connectivity index (χ0) is 22.6. The molecular weight excluding hydrogens is 463 g/mol. The molecule has 0 rings (SSSR count). The van der Waals surface area contributed by atoms with Gasteiger partial charge in [-0.25, -0.2) is 0 Å². The molecule has 0 heterocycles. The van der Waals surface area contributed by atoms with E-state index in [0.29, 0.717) is 10.0 Å². The van der Waals surface area contributed by atoms with Crippen molar-refractivity contribution in [1.29, 1.82) is 0 Å². The normalized spacial score (nSPS) is 15.1. The van der Waals surface area contributed by atoms with Crippen molar-refractivity contribution in [2.75, 3.05) is 13.2 Å². The number of hydrogen-bond donors (Lipinski definition) is 0. The van der Waals surface area contributed by atoms with Gasteiger partial charge >= 0.3 is 0 Å². The van der Waals surface area contributed by atoms with Crippen LogP contribution >= 0.6 is 23.2 Å². The summed E-state index contributed by atoms with van der Waals surface area (Å²) in [6.07, 6.45) is 15.0. The van der Waals surface area contributed by atoms with Gasteiger partial charge < -0.3 is 9.47 Å². The molecule has 0 bridgehead atoms. The van der Waals surface area contributed by atoms with Gasteiger partial charge in [-0.2, -0.15) is 0 Å². The highest BCUT2D eigenvalue weighted by Crippen LogP contribution is 2.15. The van der Waals surface area contributed by atoms with Crippen molar-refractivity contribution in [3.8, 4) is 0 Å². The van der Waals surface area contributed by atoms with Crippen molar-refractivity contribution < 1.29 is 9.47 Å². The van der Waals surface area contributed by atoms with Crippen molar-refractivity contribution in [2.45, 2.75) is 132 Å². The van der Waals surface area contributed by atoms with E-state index >= 15 is 0 Å². The quantitative estimate of drug-likeness (QED) is 0.0634. The Morgan fingerprint density at radius 3 is 1.37 bits per heavy atom. The molecule has 30 heavy (non-hydrogen) atoms. The lowest BCUT2D eigenvalue weighted by Crippen LogP contribution is -2.20. The minimum Gasteiger partial charge on any atom is -0.353 e. The van der Waals surface area contributed by atoms with Crippen LogP contribution in [0.1, 0.15) is 77.0 Å². The molecule has 4 radical (unpaired) electrons. The Kier molecular flexibility index (Phi) is 22.8. The highest BCUT2D eigenvalue weighted by Gasteiger charge is 2.11. The molecule has 2 nitrogen and oxygen atoms in total. The number of unbranched alkanes of at least 4 members (excludes halogenated alkanes) is 8. The van der Waals surface area contributed by atoms with E-state index in [1.54, 1.807) is 0 Å². The molecule has 0 aliphatic carbocycles. The second-order valence-electron chi connectivity index (χ2n) is 8.93. The molecule has 7 heteroatoms. The first-order chi connectivity index (χ1) is 14.4. The molecule has 0 saturated heterocycles. The van der Waals surface area contributed by atoms with Gasteiger partial charge in [-0.1, -0.05) is 84.1 Å². The van der Waals surface area contributed by atoms with Gasteiger partial charge in [0.2, 0.25) is 0 Å². The van der Waals surface area contributed by atoms with Crippen LogP contribution < -0.4 is 0 Å². The summed E-state index contributed by atoms with van der Waals surface area (Å²) in [5, 5.41) is 0.880. The van der Waals surface area contributed by atoms with Crippen LogP contribution in [-0.2, 0) is 9.47 Å². The third kappa shape index (κ3) is 19.8. The molecule has 0 saturated carbocycles. The van der Waals surface area contributed by atoms with Crippen molar-refractivity contribution in [1.82, 2.24) is 0 Å². The molecule has 0 amide bonds. The average molecular weight is 512 g/mol. The maximum atomic E-state index is 6.36. The monoisotopic (exact) mass is 510 g/mol. The SMILES string of the molecule is C[Si]CC(OCCCCCCCC(Cl)[Si](C)C)OCCCCCCCC(Cl)[Si](C)C. The van der Waals surface area contributed by atoms with Crippen LogP contribution in [0.5, 0.6) is 0 Å². The zero-order valence-electron chi connectivity index (χ0n) is 20.4. The molecule has 0 N–H and O–H groups in total. The maximum absolute atomic E-state index is 6.36. The summed E-state index contributed by atoms with van der Waals surface area (Å²) in [7, 11) is 0.239. The molecule has 0 aromatic carbocycles. The Morgan fingerprint density at radius 2 is 1.00 bits per heavy atom. The van der Waals surface area contributed by atoms with Gasteiger partial charge in [0, 0.05) is 32.7 Å². The molecule has 0 aromatic rings. The third-order valence-electron chi connectivity index (χ3n) is 5.44. The summed E-state index contributed by atoms with van der Waals surface area (Å²) in [4.78, 5) is 0. The first-order valence-electron chi connectivity index (χ1n) is 12.1. The van der Waals surface area contributed by atoms with E-state index in [2.05, 4.69) is 32.7 Å². The Balaban J connectivity index is 3.56. The molecule has 2 atom stereocenters. The standard InChI is InChI=1S/C23H48Cl2O2Si3/c1-28-20-23(26-18-14-10-6-8-12-16-21(24)29(2)3)27-19-15-11-7-9-13-17-22(25)30(4)5/h21-23H,6-20H2,1-5H3. The fraction of sp³-hybridized carbons (Fsp3) is 1.00. The molecule has 0 aromatic heterocycles. The van der Waals surface area contributed by atoms with Crippen LogP contribution in [0.25, 0.3) is 0 Å². The van der Waals surface area contributed by atoms with Crippen molar-refractivity contribution in [3.05, 3.63) is 0 Å². The summed E-state index contributed by atoms with van der Waals surface area (Å²) in [5.74, 6) is 0. The van der Waals surface area contributed by atoms with Crippen LogP contribution in [0.15, 0.2) is 0 Å². The van der Waals surface area contributed by atoms with Gasteiger partial charge in [0.1, 0.15) is 0 Å². The van der Waals surface area contributed by atoms with Crippen LogP contribution in [-0.4, -0.2) is 56.6 Å². The van der Waals surface area contributed by atoms with Gasteiger partial charge in [-0.3, -0.25) is 0 Å². The topological polar surface area (TPSA) is 18.5 Å². The van der Waals surface area contributed by atoms with E-state index < -0.39 is 0 Å². The zero-order valence-corrected chi connectivity index (χ0v) is 24.9. The molecule has 0 spiro atoms. The van der Waals surface area contributed by atoms with Gasteiger partial charge in [-0.15, -0.1) is 23.2 Å². The maximum Gasteiger partial charge on any atom is 0.154 e. The Morgan fingerprint density at radius 1 is 0.633 bits per heavy atom. The Labute approximate surface area is 204 Å². The lowest BCUT2D eigenvalue weighted by molar-refractivity contribution is -0.131. The molecule has 178 valence electrons. The van der Waals surface area contributed by atoms with Gasteiger partial charge in [0.15, 0.2) is 6.29 Å². The third-order valence-corrected chi connectivity index (χ3v) is 12.3. The molecule has 0 aliphatic heterocycles. The van der Waals surface area contributed by atoms with Crippen LogP contribution in [0, 0.1) is 0 Å². The smallest absolute Gasteiger partial charge is 0.154 e. The second kappa shape index (κ2) is 22.0. The average Bonchev–Trinajstić information content (AvgIpc) is 2.70. The number of ether oxygens (including phenoxy) is 2. The first kappa shape index (κ1) is 31.2. The highest BCUT2D eigenvalue weighted by atomic mass is 35.5. The van der Waals surface area contributed by atoms with E-state index in [9.17, 15) is 0 Å².